The summed E-state index contributed by atoms with van der Waals surface area (Å²) in [7, 11) is 0. The molecule has 6 nitrogen and oxygen atoms in total. The molecule has 6 heteroatoms. The second-order valence-electron chi connectivity index (χ2n) is 3.69. The summed E-state index contributed by atoms with van der Waals surface area (Å²) in [5.74, 6) is -1.68. The third kappa shape index (κ3) is 4.26. The summed E-state index contributed by atoms with van der Waals surface area (Å²) in [4.78, 5) is 26.6. The lowest BCUT2D eigenvalue weighted by atomic mass is 10.2. The fraction of sp³-hybridized carbons (Fsp3) is 0.778. The number of rotatable bonds is 5. The molecule has 4 N–H and O–H groups in total. The molecular formula is C9H16N2O4. The van der Waals surface area contributed by atoms with Crippen LogP contribution in [0.2, 0.25) is 0 Å². The van der Waals surface area contributed by atoms with Crippen LogP contribution in [0.15, 0.2) is 0 Å². The number of nitrogens with two attached hydrogens (primary N) is 1. The first-order chi connectivity index (χ1) is 7.09. The highest BCUT2D eigenvalue weighted by atomic mass is 16.7. The number of carbonyl (C=O) groups excluding carboxylic acids is 1. The van der Waals surface area contributed by atoms with E-state index in [1.54, 1.807) is 0 Å². The van der Waals surface area contributed by atoms with Crippen molar-refractivity contribution in [3.63, 3.8) is 0 Å². The number of nitrogens with one attached hydrogen (secondary N) is 1. The minimum Gasteiger partial charge on any atom is -0.481 e. The molecule has 0 aliphatic heterocycles. The summed E-state index contributed by atoms with van der Waals surface area (Å²) in [6, 6.07) is -1.05. The standard InChI is InChI=1S/C9H16N2O4/c10-7(5-8(12)13)9(14)11-15-6-3-1-2-4-6/h6-7H,1-5,10H2,(H,11,14)(H,12,13). The van der Waals surface area contributed by atoms with Gasteiger partial charge in [-0.1, -0.05) is 12.8 Å². The van der Waals surface area contributed by atoms with E-state index in [4.69, 9.17) is 15.7 Å². The van der Waals surface area contributed by atoms with Crippen LogP contribution in [-0.4, -0.2) is 29.1 Å². The highest BCUT2D eigenvalue weighted by molar-refractivity contribution is 5.85. The van der Waals surface area contributed by atoms with Crippen molar-refractivity contribution in [1.82, 2.24) is 5.48 Å². The Labute approximate surface area is 87.7 Å². The van der Waals surface area contributed by atoms with E-state index >= 15 is 0 Å². The zero-order valence-corrected chi connectivity index (χ0v) is 8.44. The number of hydrogen-bond acceptors (Lipinski definition) is 4. The van der Waals surface area contributed by atoms with Gasteiger partial charge in [0, 0.05) is 0 Å². The van der Waals surface area contributed by atoms with Gasteiger partial charge in [0.2, 0.25) is 0 Å². The van der Waals surface area contributed by atoms with Gasteiger partial charge in [0.25, 0.3) is 5.91 Å². The second-order valence-corrected chi connectivity index (χ2v) is 3.69. The number of carboxylic acid groups (broad SMARTS) is 1. The van der Waals surface area contributed by atoms with Gasteiger partial charge in [0.05, 0.1) is 18.6 Å². The Balaban J connectivity index is 2.19. The highest BCUT2D eigenvalue weighted by Crippen LogP contribution is 2.19. The molecule has 0 aromatic carbocycles. The van der Waals surface area contributed by atoms with Crippen LogP contribution < -0.4 is 11.2 Å². The molecule has 1 saturated carbocycles. The molecule has 1 aliphatic carbocycles. The predicted octanol–water partition coefficient (Wildman–Crippen LogP) is -0.221. The number of aliphatic carboxylic acids is 1. The fourth-order valence-electron chi connectivity index (χ4n) is 1.50. The normalized spacial score (nSPS) is 18.7. The van der Waals surface area contributed by atoms with E-state index in [9.17, 15) is 9.59 Å². The topological polar surface area (TPSA) is 102 Å². The van der Waals surface area contributed by atoms with E-state index in [0.717, 1.165) is 25.7 Å². The average molecular weight is 216 g/mol. The molecule has 0 bridgehead atoms. The van der Waals surface area contributed by atoms with Crippen molar-refractivity contribution in [1.29, 1.82) is 0 Å². The first kappa shape index (κ1) is 11.9. The maximum atomic E-state index is 11.2. The van der Waals surface area contributed by atoms with Crippen molar-refractivity contribution in [2.24, 2.45) is 5.73 Å². The number of amides is 1. The van der Waals surface area contributed by atoms with Gasteiger partial charge in [0.15, 0.2) is 0 Å². The molecule has 1 amide bonds. The Kier molecular flexibility index (Phi) is 4.51. The molecule has 1 fully saturated rings. The minimum absolute atomic E-state index is 0.0472. The van der Waals surface area contributed by atoms with Gasteiger partial charge in [-0.15, -0.1) is 0 Å². The van der Waals surface area contributed by atoms with Gasteiger partial charge < -0.3 is 10.8 Å². The Hall–Kier alpha value is -1.14. The van der Waals surface area contributed by atoms with Crippen LogP contribution in [0.1, 0.15) is 32.1 Å². The van der Waals surface area contributed by atoms with Crippen molar-refractivity contribution in [2.45, 2.75) is 44.2 Å². The summed E-state index contributed by atoms with van der Waals surface area (Å²) >= 11 is 0. The minimum atomic E-state index is -1.10. The molecule has 0 heterocycles. The van der Waals surface area contributed by atoms with E-state index in [1.165, 1.54) is 0 Å². The Morgan fingerprint density at radius 3 is 2.60 bits per heavy atom. The van der Waals surface area contributed by atoms with Crippen molar-refractivity contribution in [3.8, 4) is 0 Å². The average Bonchev–Trinajstić information content (AvgIpc) is 2.65. The lowest BCUT2D eigenvalue weighted by Crippen LogP contribution is -2.43. The van der Waals surface area contributed by atoms with Crippen LogP contribution in [-0.2, 0) is 14.4 Å². The molecule has 0 saturated heterocycles. The molecule has 0 radical (unpaired) electrons. The molecule has 1 aliphatic rings. The van der Waals surface area contributed by atoms with Gasteiger partial charge in [0.1, 0.15) is 0 Å². The molecule has 15 heavy (non-hydrogen) atoms. The summed E-state index contributed by atoms with van der Waals surface area (Å²) in [5, 5.41) is 8.41. The summed E-state index contributed by atoms with van der Waals surface area (Å²) < 4.78 is 0. The number of carboxylic acids is 1. The zero-order chi connectivity index (χ0) is 11.3. The second kappa shape index (κ2) is 5.67. The molecule has 86 valence electrons. The lowest BCUT2D eigenvalue weighted by Gasteiger charge is -2.13. The smallest absolute Gasteiger partial charge is 0.305 e. The number of hydroxylamine groups is 1. The maximum Gasteiger partial charge on any atom is 0.305 e. The van der Waals surface area contributed by atoms with Gasteiger partial charge in [-0.05, 0) is 12.8 Å². The third-order valence-electron chi connectivity index (χ3n) is 2.36. The van der Waals surface area contributed by atoms with Crippen molar-refractivity contribution >= 4 is 11.9 Å². The largest absolute Gasteiger partial charge is 0.481 e. The van der Waals surface area contributed by atoms with Crippen molar-refractivity contribution in [3.05, 3.63) is 0 Å². The monoisotopic (exact) mass is 216 g/mol. The van der Waals surface area contributed by atoms with Gasteiger partial charge in [-0.25, -0.2) is 5.48 Å². The molecule has 0 aromatic heterocycles. The Morgan fingerprint density at radius 2 is 2.07 bits per heavy atom. The zero-order valence-electron chi connectivity index (χ0n) is 8.44. The number of hydrogen-bond donors (Lipinski definition) is 3. The molecule has 0 aromatic rings. The quantitative estimate of drug-likeness (QED) is 0.551. The van der Waals surface area contributed by atoms with Crippen LogP contribution in [0.5, 0.6) is 0 Å². The van der Waals surface area contributed by atoms with E-state index in [2.05, 4.69) is 5.48 Å². The Bertz CT molecular complexity index is 238. The van der Waals surface area contributed by atoms with Crippen LogP contribution in [0.25, 0.3) is 0 Å². The summed E-state index contributed by atoms with van der Waals surface area (Å²) in [6.45, 7) is 0. The fourth-order valence-corrected chi connectivity index (χ4v) is 1.50. The van der Waals surface area contributed by atoms with Crippen LogP contribution in [0.4, 0.5) is 0 Å². The van der Waals surface area contributed by atoms with Gasteiger partial charge >= 0.3 is 5.97 Å². The third-order valence-corrected chi connectivity index (χ3v) is 2.36. The SMILES string of the molecule is NC(CC(=O)O)C(=O)NOC1CCCC1. The lowest BCUT2D eigenvalue weighted by molar-refractivity contribution is -0.145. The van der Waals surface area contributed by atoms with E-state index in [-0.39, 0.29) is 12.5 Å². The van der Waals surface area contributed by atoms with E-state index in [1.807, 2.05) is 0 Å². The van der Waals surface area contributed by atoms with Crippen LogP contribution in [0.3, 0.4) is 0 Å². The highest BCUT2D eigenvalue weighted by Gasteiger charge is 2.20. The maximum absolute atomic E-state index is 11.2. The summed E-state index contributed by atoms with van der Waals surface area (Å²) in [5.41, 5.74) is 7.53. The van der Waals surface area contributed by atoms with Crippen LogP contribution >= 0.6 is 0 Å². The molecule has 0 spiro atoms. The number of carbonyl (C=O) groups is 2. The van der Waals surface area contributed by atoms with E-state index in [0.29, 0.717) is 0 Å². The first-order valence-corrected chi connectivity index (χ1v) is 5.02. The molecule has 1 unspecified atom stereocenters. The summed E-state index contributed by atoms with van der Waals surface area (Å²) in [6.07, 6.45) is 3.71. The molecular weight excluding hydrogens is 200 g/mol. The van der Waals surface area contributed by atoms with Crippen molar-refractivity contribution < 1.29 is 19.5 Å². The van der Waals surface area contributed by atoms with Crippen molar-refractivity contribution in [2.75, 3.05) is 0 Å². The van der Waals surface area contributed by atoms with Gasteiger partial charge in [-0.2, -0.15) is 0 Å². The van der Waals surface area contributed by atoms with Gasteiger partial charge in [-0.3, -0.25) is 14.4 Å². The van der Waals surface area contributed by atoms with Crippen LogP contribution in [0, 0.1) is 0 Å². The Morgan fingerprint density at radius 1 is 1.47 bits per heavy atom. The molecule has 1 atom stereocenters. The predicted molar refractivity (Wildman–Crippen MR) is 51.7 cm³/mol. The molecule has 1 rings (SSSR count). The van der Waals surface area contributed by atoms with E-state index < -0.39 is 17.9 Å². The first-order valence-electron chi connectivity index (χ1n) is 5.02.